The fraction of sp³-hybridized carbons (Fsp3) is 0.400. The van der Waals surface area contributed by atoms with Crippen LogP contribution < -0.4 is 10.2 Å². The van der Waals surface area contributed by atoms with Gasteiger partial charge in [0.05, 0.1) is 13.2 Å². The lowest BCUT2D eigenvalue weighted by atomic mass is 10.2. The van der Waals surface area contributed by atoms with E-state index in [1.807, 2.05) is 6.20 Å². The first-order valence-electron chi connectivity index (χ1n) is 7.14. The van der Waals surface area contributed by atoms with Crippen molar-refractivity contribution in [2.45, 2.75) is 13.1 Å². The molecule has 1 fully saturated rings. The van der Waals surface area contributed by atoms with Crippen molar-refractivity contribution in [3.05, 3.63) is 45.1 Å². The molecular weight excluding hydrogens is 369 g/mol. The molecule has 0 unspecified atom stereocenters. The van der Waals surface area contributed by atoms with E-state index < -0.39 is 0 Å². The lowest BCUT2D eigenvalue weighted by Gasteiger charge is -2.25. The van der Waals surface area contributed by atoms with Gasteiger partial charge >= 0.3 is 0 Å². The van der Waals surface area contributed by atoms with Gasteiger partial charge < -0.3 is 15.0 Å². The Kier molecular flexibility index (Phi) is 5.41. The van der Waals surface area contributed by atoms with Gasteiger partial charge in [-0.1, -0.05) is 15.9 Å². The van der Waals surface area contributed by atoms with Crippen molar-refractivity contribution >= 4 is 32.4 Å². The molecule has 0 amide bonds. The van der Waals surface area contributed by atoms with Crippen molar-refractivity contribution in [1.82, 2.24) is 10.3 Å². The molecule has 1 aromatic heterocycles. The maximum atomic E-state index is 13.2. The van der Waals surface area contributed by atoms with Gasteiger partial charge in [-0.05, 0) is 23.8 Å². The van der Waals surface area contributed by atoms with Crippen LogP contribution >= 0.6 is 27.3 Å². The number of hydrogen-bond acceptors (Lipinski definition) is 5. The van der Waals surface area contributed by atoms with Crippen LogP contribution in [0.25, 0.3) is 0 Å². The third-order valence-corrected chi connectivity index (χ3v) is 5.28. The first kappa shape index (κ1) is 15.9. The lowest BCUT2D eigenvalue weighted by molar-refractivity contribution is 0.122. The fourth-order valence-electron chi connectivity index (χ4n) is 2.28. The summed E-state index contributed by atoms with van der Waals surface area (Å²) in [6.45, 7) is 4.67. The van der Waals surface area contributed by atoms with Crippen molar-refractivity contribution < 1.29 is 9.13 Å². The van der Waals surface area contributed by atoms with Crippen LogP contribution in [0.4, 0.5) is 9.52 Å². The van der Waals surface area contributed by atoms with Crippen LogP contribution in [-0.2, 0) is 17.8 Å². The average Bonchev–Trinajstić information content (AvgIpc) is 3.00. The van der Waals surface area contributed by atoms with E-state index in [0.29, 0.717) is 6.54 Å². The van der Waals surface area contributed by atoms with E-state index in [9.17, 15) is 4.39 Å². The minimum absolute atomic E-state index is 0.215. The number of nitrogens with zero attached hydrogens (tertiary/aromatic N) is 2. The van der Waals surface area contributed by atoms with E-state index >= 15 is 0 Å². The molecule has 0 aliphatic carbocycles. The topological polar surface area (TPSA) is 37.4 Å². The van der Waals surface area contributed by atoms with E-state index in [1.165, 1.54) is 10.9 Å². The van der Waals surface area contributed by atoms with Gasteiger partial charge in [0, 0.05) is 41.7 Å². The summed E-state index contributed by atoms with van der Waals surface area (Å²) in [7, 11) is 0. The molecule has 4 nitrogen and oxygen atoms in total. The van der Waals surface area contributed by atoms with Crippen molar-refractivity contribution in [3.63, 3.8) is 0 Å². The van der Waals surface area contributed by atoms with Gasteiger partial charge in [-0.25, -0.2) is 9.37 Å². The molecule has 2 heterocycles. The Morgan fingerprint density at radius 3 is 2.95 bits per heavy atom. The predicted octanol–water partition coefficient (Wildman–Crippen LogP) is 3.17. The summed E-state index contributed by atoms with van der Waals surface area (Å²) in [6, 6.07) is 4.73. The van der Waals surface area contributed by atoms with E-state index in [0.717, 1.165) is 48.0 Å². The number of benzene rings is 1. The number of aromatic nitrogens is 1. The van der Waals surface area contributed by atoms with E-state index in [4.69, 9.17) is 4.74 Å². The molecule has 1 aromatic carbocycles. The standard InChI is InChI=1S/C15H17BrFN3OS/c16-14-2-1-12(17)7-11(14)8-18-9-13-10-19-15(22-13)20-3-5-21-6-4-20/h1-2,7,10,18H,3-6,8-9H2. The maximum absolute atomic E-state index is 13.2. The van der Waals surface area contributed by atoms with E-state index in [-0.39, 0.29) is 5.82 Å². The van der Waals surface area contributed by atoms with Gasteiger partial charge in [0.2, 0.25) is 0 Å². The molecule has 0 bridgehead atoms. The molecule has 3 rings (SSSR count). The van der Waals surface area contributed by atoms with Crippen LogP contribution in [0.1, 0.15) is 10.4 Å². The van der Waals surface area contributed by atoms with Crippen LogP contribution in [0.5, 0.6) is 0 Å². The first-order valence-corrected chi connectivity index (χ1v) is 8.75. The number of morpholine rings is 1. The van der Waals surface area contributed by atoms with Crippen LogP contribution in [0, 0.1) is 5.82 Å². The SMILES string of the molecule is Fc1ccc(Br)c(CNCc2cnc(N3CCOCC3)s2)c1. The molecule has 2 aromatic rings. The lowest BCUT2D eigenvalue weighted by Crippen LogP contribution is -2.36. The fourth-order valence-corrected chi connectivity index (χ4v) is 3.60. The number of halogens is 2. The van der Waals surface area contributed by atoms with Crippen molar-refractivity contribution in [2.24, 2.45) is 0 Å². The van der Waals surface area contributed by atoms with Crippen molar-refractivity contribution in [3.8, 4) is 0 Å². The zero-order valence-corrected chi connectivity index (χ0v) is 14.4. The quantitative estimate of drug-likeness (QED) is 0.857. The Labute approximate surface area is 141 Å². The van der Waals surface area contributed by atoms with Gasteiger partial charge in [0.1, 0.15) is 5.82 Å². The maximum Gasteiger partial charge on any atom is 0.185 e. The summed E-state index contributed by atoms with van der Waals surface area (Å²) in [5.74, 6) is -0.215. The van der Waals surface area contributed by atoms with Crippen molar-refractivity contribution in [2.75, 3.05) is 31.2 Å². The Morgan fingerprint density at radius 2 is 2.14 bits per heavy atom. The molecule has 0 saturated carbocycles. The molecule has 0 radical (unpaired) electrons. The Bertz CT molecular complexity index is 631. The van der Waals surface area contributed by atoms with Gasteiger partial charge in [-0.15, -0.1) is 11.3 Å². The summed E-state index contributed by atoms with van der Waals surface area (Å²) < 4.78 is 19.5. The highest BCUT2D eigenvalue weighted by atomic mass is 79.9. The molecular formula is C15H17BrFN3OS. The van der Waals surface area contributed by atoms with Crippen LogP contribution in [0.3, 0.4) is 0 Å². The summed E-state index contributed by atoms with van der Waals surface area (Å²) in [6.07, 6.45) is 1.91. The number of anilines is 1. The Morgan fingerprint density at radius 1 is 1.32 bits per heavy atom. The minimum Gasteiger partial charge on any atom is -0.378 e. The second-order valence-corrected chi connectivity index (χ2v) is 7.00. The molecule has 1 aliphatic heterocycles. The van der Waals surface area contributed by atoms with Gasteiger partial charge in [-0.2, -0.15) is 0 Å². The summed E-state index contributed by atoms with van der Waals surface area (Å²) in [5.41, 5.74) is 0.915. The zero-order chi connectivity index (χ0) is 15.4. The third-order valence-electron chi connectivity index (χ3n) is 3.45. The highest BCUT2D eigenvalue weighted by Gasteiger charge is 2.14. The van der Waals surface area contributed by atoms with Gasteiger partial charge in [0.25, 0.3) is 0 Å². The molecule has 1 aliphatic rings. The van der Waals surface area contributed by atoms with E-state index in [1.54, 1.807) is 23.5 Å². The molecule has 22 heavy (non-hydrogen) atoms. The second-order valence-electron chi connectivity index (χ2n) is 5.05. The van der Waals surface area contributed by atoms with E-state index in [2.05, 4.69) is 31.1 Å². The van der Waals surface area contributed by atoms with Crippen LogP contribution in [-0.4, -0.2) is 31.3 Å². The van der Waals surface area contributed by atoms with Crippen LogP contribution in [0.2, 0.25) is 0 Å². The minimum atomic E-state index is -0.215. The van der Waals surface area contributed by atoms with Gasteiger partial charge in [0.15, 0.2) is 5.13 Å². The molecule has 7 heteroatoms. The molecule has 0 atom stereocenters. The smallest absolute Gasteiger partial charge is 0.185 e. The molecule has 1 N–H and O–H groups in total. The summed E-state index contributed by atoms with van der Waals surface area (Å²) in [5, 5.41) is 4.38. The van der Waals surface area contributed by atoms with Crippen molar-refractivity contribution in [1.29, 1.82) is 0 Å². The van der Waals surface area contributed by atoms with Crippen LogP contribution in [0.15, 0.2) is 28.9 Å². The number of ether oxygens (including phenoxy) is 1. The molecule has 1 saturated heterocycles. The highest BCUT2D eigenvalue weighted by molar-refractivity contribution is 9.10. The largest absolute Gasteiger partial charge is 0.378 e. The Hall–Kier alpha value is -1.02. The summed E-state index contributed by atoms with van der Waals surface area (Å²) >= 11 is 5.13. The number of nitrogens with one attached hydrogen (secondary N) is 1. The monoisotopic (exact) mass is 385 g/mol. The summed E-state index contributed by atoms with van der Waals surface area (Å²) in [4.78, 5) is 7.90. The number of thiazole rings is 1. The highest BCUT2D eigenvalue weighted by Crippen LogP contribution is 2.23. The number of hydrogen-bond donors (Lipinski definition) is 1. The zero-order valence-electron chi connectivity index (χ0n) is 12.0. The second kappa shape index (κ2) is 7.50. The third kappa shape index (κ3) is 4.04. The predicted molar refractivity (Wildman–Crippen MR) is 89.8 cm³/mol. The normalized spacial score (nSPS) is 15.3. The molecule has 118 valence electrons. The molecule has 0 spiro atoms. The first-order chi connectivity index (χ1) is 10.7. The Balaban J connectivity index is 1.53. The number of rotatable bonds is 5. The van der Waals surface area contributed by atoms with Gasteiger partial charge in [-0.3, -0.25) is 0 Å². The average molecular weight is 386 g/mol.